The lowest BCUT2D eigenvalue weighted by atomic mass is 10.1. The lowest BCUT2D eigenvalue weighted by Crippen LogP contribution is -1.99. The Hall–Kier alpha value is -1.05. The highest BCUT2D eigenvalue weighted by Crippen LogP contribution is 2.17. The molecule has 2 heteroatoms. The highest BCUT2D eigenvalue weighted by molar-refractivity contribution is 5.52. The zero-order chi connectivity index (χ0) is 8.97. The number of hydrogen-bond donors (Lipinski definition) is 1. The summed E-state index contributed by atoms with van der Waals surface area (Å²) in [5, 5.41) is 2.70. The van der Waals surface area contributed by atoms with Crippen molar-refractivity contribution in [3.63, 3.8) is 0 Å². The molecular formula is C10H14FN. The molecule has 0 aliphatic carbocycles. The van der Waals surface area contributed by atoms with Crippen LogP contribution in [0.3, 0.4) is 0 Å². The molecule has 0 saturated heterocycles. The molecule has 0 aromatic heterocycles. The van der Waals surface area contributed by atoms with Gasteiger partial charge in [-0.2, -0.15) is 0 Å². The minimum atomic E-state index is -0.504. The summed E-state index contributed by atoms with van der Waals surface area (Å²) in [7, 11) is 0. The van der Waals surface area contributed by atoms with Gasteiger partial charge in [-0.15, -0.1) is 0 Å². The maximum atomic E-state index is 12.0. The van der Waals surface area contributed by atoms with Gasteiger partial charge >= 0.3 is 0 Å². The van der Waals surface area contributed by atoms with Crippen molar-refractivity contribution in [2.45, 2.75) is 20.3 Å². The van der Waals surface area contributed by atoms with Crippen LogP contribution in [-0.4, -0.2) is 6.80 Å². The summed E-state index contributed by atoms with van der Waals surface area (Å²) in [5.41, 5.74) is 3.24. The molecule has 0 heterocycles. The van der Waals surface area contributed by atoms with Gasteiger partial charge in [0.15, 0.2) is 6.80 Å². The van der Waals surface area contributed by atoms with Crippen molar-refractivity contribution < 1.29 is 4.39 Å². The third kappa shape index (κ3) is 1.97. The largest absolute Gasteiger partial charge is 0.358 e. The lowest BCUT2D eigenvalue weighted by molar-refractivity contribution is 0.536. The number of aryl methyl sites for hydroxylation is 2. The Kier molecular flexibility index (Phi) is 3.09. The molecule has 1 aromatic carbocycles. The normalized spacial score (nSPS) is 9.92. The fourth-order valence-corrected chi connectivity index (χ4v) is 1.24. The molecule has 1 aromatic rings. The summed E-state index contributed by atoms with van der Waals surface area (Å²) in [6.07, 6.45) is 0.933. The molecule has 0 unspecified atom stereocenters. The van der Waals surface area contributed by atoms with Crippen molar-refractivity contribution in [2.24, 2.45) is 0 Å². The second-order valence-corrected chi connectivity index (χ2v) is 2.82. The predicted molar refractivity (Wildman–Crippen MR) is 50.2 cm³/mol. The predicted octanol–water partition coefficient (Wildman–Crippen LogP) is 2.90. The van der Waals surface area contributed by atoms with E-state index in [2.05, 4.69) is 12.2 Å². The van der Waals surface area contributed by atoms with Crippen LogP contribution in [0, 0.1) is 6.92 Å². The monoisotopic (exact) mass is 167 g/mol. The molecule has 0 aliphatic rings. The van der Waals surface area contributed by atoms with Crippen molar-refractivity contribution in [2.75, 3.05) is 12.1 Å². The van der Waals surface area contributed by atoms with Crippen molar-refractivity contribution in [1.29, 1.82) is 0 Å². The van der Waals surface area contributed by atoms with E-state index in [0.717, 1.165) is 17.7 Å². The number of benzene rings is 1. The Balaban J connectivity index is 2.95. The van der Waals surface area contributed by atoms with Crippen molar-refractivity contribution >= 4 is 5.69 Å². The van der Waals surface area contributed by atoms with Crippen LogP contribution in [0.1, 0.15) is 18.1 Å². The number of anilines is 1. The van der Waals surface area contributed by atoms with Crippen LogP contribution in [0.15, 0.2) is 18.2 Å². The van der Waals surface area contributed by atoms with Crippen molar-refractivity contribution in [3.05, 3.63) is 29.3 Å². The number of rotatable bonds is 3. The van der Waals surface area contributed by atoms with Gasteiger partial charge in [0.05, 0.1) is 0 Å². The van der Waals surface area contributed by atoms with Gasteiger partial charge in [-0.05, 0) is 30.5 Å². The van der Waals surface area contributed by atoms with E-state index >= 15 is 0 Å². The minimum absolute atomic E-state index is 0.504. The van der Waals surface area contributed by atoms with E-state index in [1.54, 1.807) is 0 Å². The van der Waals surface area contributed by atoms with E-state index in [1.807, 2.05) is 25.1 Å². The van der Waals surface area contributed by atoms with Crippen LogP contribution in [0.4, 0.5) is 10.1 Å². The summed E-state index contributed by atoms with van der Waals surface area (Å²) in [4.78, 5) is 0. The van der Waals surface area contributed by atoms with Crippen molar-refractivity contribution in [1.82, 2.24) is 0 Å². The number of hydrogen-bond acceptors (Lipinski definition) is 1. The second-order valence-electron chi connectivity index (χ2n) is 2.82. The summed E-state index contributed by atoms with van der Waals surface area (Å²) in [6.45, 7) is 3.56. The smallest absolute Gasteiger partial charge is 0.159 e. The lowest BCUT2D eigenvalue weighted by Gasteiger charge is -2.08. The van der Waals surface area contributed by atoms with E-state index in [9.17, 15) is 4.39 Å². The fraction of sp³-hybridized carbons (Fsp3) is 0.400. The summed E-state index contributed by atoms with van der Waals surface area (Å²) < 4.78 is 12.0. The summed E-state index contributed by atoms with van der Waals surface area (Å²) in [6, 6.07) is 6.05. The molecule has 0 fully saturated rings. The molecule has 0 saturated carbocycles. The van der Waals surface area contributed by atoms with Crippen LogP contribution in [-0.2, 0) is 6.42 Å². The molecule has 0 amide bonds. The Morgan fingerprint density at radius 2 is 2.17 bits per heavy atom. The molecule has 1 nitrogen and oxygen atoms in total. The highest BCUT2D eigenvalue weighted by Gasteiger charge is 1.98. The van der Waals surface area contributed by atoms with Gasteiger partial charge in [-0.3, -0.25) is 0 Å². The maximum absolute atomic E-state index is 12.0. The van der Waals surface area contributed by atoms with E-state index in [1.165, 1.54) is 5.56 Å². The Labute approximate surface area is 72.6 Å². The first-order valence-electron chi connectivity index (χ1n) is 4.17. The van der Waals surface area contributed by atoms with E-state index < -0.39 is 6.80 Å². The molecular weight excluding hydrogens is 153 g/mol. The summed E-state index contributed by atoms with van der Waals surface area (Å²) in [5.74, 6) is 0. The second kappa shape index (κ2) is 4.10. The highest BCUT2D eigenvalue weighted by atomic mass is 19.1. The average Bonchev–Trinajstić information content (AvgIpc) is 2.05. The Morgan fingerprint density at radius 3 is 2.75 bits per heavy atom. The van der Waals surface area contributed by atoms with Crippen LogP contribution in [0.2, 0.25) is 0 Å². The first kappa shape index (κ1) is 9.04. The zero-order valence-corrected chi connectivity index (χ0v) is 7.52. The van der Waals surface area contributed by atoms with Gasteiger partial charge in [0, 0.05) is 5.69 Å². The van der Waals surface area contributed by atoms with Crippen LogP contribution in [0.25, 0.3) is 0 Å². The molecule has 1 N–H and O–H groups in total. The van der Waals surface area contributed by atoms with E-state index in [0.29, 0.717) is 0 Å². The van der Waals surface area contributed by atoms with Gasteiger partial charge in [0.25, 0.3) is 0 Å². The van der Waals surface area contributed by atoms with Crippen LogP contribution in [0.5, 0.6) is 0 Å². The molecule has 66 valence electrons. The third-order valence-electron chi connectivity index (χ3n) is 1.90. The molecule has 0 radical (unpaired) electrons. The van der Waals surface area contributed by atoms with Gasteiger partial charge in [0.1, 0.15) is 0 Å². The van der Waals surface area contributed by atoms with Crippen LogP contribution < -0.4 is 5.32 Å². The minimum Gasteiger partial charge on any atom is -0.358 e. The summed E-state index contributed by atoms with van der Waals surface area (Å²) >= 11 is 0. The zero-order valence-electron chi connectivity index (χ0n) is 7.52. The fourth-order valence-electron chi connectivity index (χ4n) is 1.24. The number of alkyl halides is 1. The first-order chi connectivity index (χ1) is 5.77. The van der Waals surface area contributed by atoms with Crippen molar-refractivity contribution in [3.8, 4) is 0 Å². The number of halogens is 1. The number of nitrogens with one attached hydrogen (secondary N) is 1. The maximum Gasteiger partial charge on any atom is 0.159 e. The molecule has 0 spiro atoms. The molecule has 0 aliphatic heterocycles. The first-order valence-corrected chi connectivity index (χ1v) is 4.17. The molecule has 0 atom stereocenters. The van der Waals surface area contributed by atoms with E-state index in [4.69, 9.17) is 0 Å². The Bertz CT molecular complexity index is 258. The standard InChI is InChI=1S/C10H14FN/c1-3-9-5-4-8(2)6-10(9)12-7-11/h4-6,12H,3,7H2,1-2H3. The quantitative estimate of drug-likeness (QED) is 0.682. The third-order valence-corrected chi connectivity index (χ3v) is 1.90. The van der Waals surface area contributed by atoms with Gasteiger partial charge in [-0.1, -0.05) is 19.1 Å². The average molecular weight is 167 g/mol. The molecule has 12 heavy (non-hydrogen) atoms. The van der Waals surface area contributed by atoms with Gasteiger partial charge in [-0.25, -0.2) is 4.39 Å². The topological polar surface area (TPSA) is 12.0 Å². The SMILES string of the molecule is CCc1ccc(C)cc1NCF. The Morgan fingerprint density at radius 1 is 1.42 bits per heavy atom. The van der Waals surface area contributed by atoms with E-state index in [-0.39, 0.29) is 0 Å². The molecule has 0 bridgehead atoms. The van der Waals surface area contributed by atoms with Gasteiger partial charge < -0.3 is 5.32 Å². The van der Waals surface area contributed by atoms with Gasteiger partial charge in [0.2, 0.25) is 0 Å². The molecule has 1 rings (SSSR count). The van der Waals surface area contributed by atoms with Crippen LogP contribution >= 0.6 is 0 Å².